The lowest BCUT2D eigenvalue weighted by Crippen LogP contribution is -2.48. The van der Waals surface area contributed by atoms with Crippen molar-refractivity contribution >= 4 is 22.2 Å². The van der Waals surface area contributed by atoms with Gasteiger partial charge in [-0.05, 0) is 29.8 Å². The molecule has 0 N–H and O–H groups in total. The Labute approximate surface area is 185 Å². The fourth-order valence-corrected chi connectivity index (χ4v) is 4.80. The molecular formula is C24H24N4O2S. The number of rotatable bonds is 5. The van der Waals surface area contributed by atoms with Crippen molar-refractivity contribution in [1.29, 1.82) is 0 Å². The first-order chi connectivity index (χ1) is 15.2. The third-order valence-corrected chi connectivity index (χ3v) is 6.56. The molecule has 1 amide bonds. The number of methoxy groups -OCH3 is 1. The van der Waals surface area contributed by atoms with Crippen LogP contribution in [0, 0.1) is 0 Å². The Morgan fingerprint density at radius 2 is 1.77 bits per heavy atom. The molecule has 1 aliphatic rings. The van der Waals surface area contributed by atoms with Gasteiger partial charge in [-0.1, -0.05) is 30.3 Å². The number of amides is 1. The average molecular weight is 433 g/mol. The minimum Gasteiger partial charge on any atom is -0.497 e. The maximum Gasteiger partial charge on any atom is 0.271 e. The van der Waals surface area contributed by atoms with E-state index in [1.165, 1.54) is 16.9 Å². The Morgan fingerprint density at radius 3 is 2.48 bits per heavy atom. The van der Waals surface area contributed by atoms with E-state index in [9.17, 15) is 4.79 Å². The lowest BCUT2D eigenvalue weighted by Gasteiger charge is -2.34. The smallest absolute Gasteiger partial charge is 0.271 e. The zero-order valence-electron chi connectivity index (χ0n) is 17.4. The highest BCUT2D eigenvalue weighted by Gasteiger charge is 2.25. The number of benzene rings is 2. The monoisotopic (exact) mass is 432 g/mol. The van der Waals surface area contributed by atoms with Gasteiger partial charge in [-0.15, -0.1) is 11.3 Å². The van der Waals surface area contributed by atoms with E-state index >= 15 is 0 Å². The molecule has 2 aromatic heterocycles. The molecule has 7 heteroatoms. The summed E-state index contributed by atoms with van der Waals surface area (Å²) >= 11 is 1.50. The Balaban J connectivity index is 1.28. The van der Waals surface area contributed by atoms with Crippen LogP contribution in [0.15, 0.2) is 66.2 Å². The van der Waals surface area contributed by atoms with E-state index in [-0.39, 0.29) is 5.91 Å². The molecule has 0 unspecified atom stereocenters. The van der Waals surface area contributed by atoms with Crippen LogP contribution in [0.2, 0.25) is 0 Å². The van der Waals surface area contributed by atoms with E-state index in [1.807, 2.05) is 51.2 Å². The SMILES string of the molecule is COc1ccc(-c2cn3c(C(=O)N4CCN(Cc5ccccc5)CC4)csc3n2)cc1. The molecule has 0 atom stereocenters. The van der Waals surface area contributed by atoms with E-state index in [0.717, 1.165) is 54.7 Å². The number of piperazine rings is 1. The first-order valence-electron chi connectivity index (χ1n) is 10.4. The van der Waals surface area contributed by atoms with Crippen molar-refractivity contribution in [3.8, 4) is 17.0 Å². The Hall–Kier alpha value is -3.16. The Bertz CT molecular complexity index is 1180. The topological polar surface area (TPSA) is 50.1 Å². The largest absolute Gasteiger partial charge is 0.497 e. The minimum atomic E-state index is 0.0734. The summed E-state index contributed by atoms with van der Waals surface area (Å²) in [5, 5.41) is 1.92. The number of ether oxygens (including phenoxy) is 1. The van der Waals surface area contributed by atoms with Gasteiger partial charge >= 0.3 is 0 Å². The minimum absolute atomic E-state index is 0.0734. The van der Waals surface area contributed by atoms with Crippen LogP contribution in [0.1, 0.15) is 16.1 Å². The summed E-state index contributed by atoms with van der Waals surface area (Å²) in [6, 6.07) is 18.3. The van der Waals surface area contributed by atoms with Crippen molar-refractivity contribution in [2.24, 2.45) is 0 Å². The number of fused-ring (bicyclic) bond motifs is 1. The normalized spacial score (nSPS) is 14.8. The number of carbonyl (C=O) groups excluding carboxylic acids is 1. The third kappa shape index (κ3) is 4.06. The predicted octanol–water partition coefficient (Wildman–Crippen LogP) is 4.03. The van der Waals surface area contributed by atoms with Gasteiger partial charge in [0.2, 0.25) is 0 Å². The van der Waals surface area contributed by atoms with Crippen LogP contribution >= 0.6 is 11.3 Å². The van der Waals surface area contributed by atoms with E-state index in [4.69, 9.17) is 9.72 Å². The lowest BCUT2D eigenvalue weighted by atomic mass is 10.2. The van der Waals surface area contributed by atoms with Gasteiger partial charge in [0.15, 0.2) is 4.96 Å². The van der Waals surface area contributed by atoms with Gasteiger partial charge in [0.1, 0.15) is 11.4 Å². The van der Waals surface area contributed by atoms with Crippen LogP contribution in [0.3, 0.4) is 0 Å². The van der Waals surface area contributed by atoms with Crippen molar-refractivity contribution in [3.05, 3.63) is 77.4 Å². The quantitative estimate of drug-likeness (QED) is 0.478. The van der Waals surface area contributed by atoms with E-state index in [0.29, 0.717) is 5.69 Å². The molecule has 1 fully saturated rings. The molecule has 1 saturated heterocycles. The van der Waals surface area contributed by atoms with Crippen molar-refractivity contribution < 1.29 is 9.53 Å². The Morgan fingerprint density at radius 1 is 1.03 bits per heavy atom. The highest BCUT2D eigenvalue weighted by Crippen LogP contribution is 2.26. The van der Waals surface area contributed by atoms with Gasteiger partial charge in [-0.2, -0.15) is 0 Å². The van der Waals surface area contributed by atoms with Crippen LogP contribution < -0.4 is 4.74 Å². The summed E-state index contributed by atoms with van der Waals surface area (Å²) in [7, 11) is 1.65. The molecule has 3 heterocycles. The van der Waals surface area contributed by atoms with E-state index < -0.39 is 0 Å². The molecule has 31 heavy (non-hydrogen) atoms. The lowest BCUT2D eigenvalue weighted by molar-refractivity contribution is 0.0622. The summed E-state index contributed by atoms with van der Waals surface area (Å²) in [4.78, 5) is 23.1. The summed E-state index contributed by atoms with van der Waals surface area (Å²) in [6.07, 6.45) is 1.95. The van der Waals surface area contributed by atoms with Crippen LogP contribution in [-0.2, 0) is 6.54 Å². The molecule has 158 valence electrons. The second-order valence-electron chi connectivity index (χ2n) is 7.68. The van der Waals surface area contributed by atoms with Gasteiger partial charge in [0, 0.05) is 49.9 Å². The van der Waals surface area contributed by atoms with Gasteiger partial charge in [-0.25, -0.2) is 4.98 Å². The molecule has 5 rings (SSSR count). The molecule has 0 spiro atoms. The Kier molecular flexibility index (Phi) is 5.44. The van der Waals surface area contributed by atoms with Crippen LogP contribution in [0.4, 0.5) is 0 Å². The number of carbonyl (C=O) groups is 1. The van der Waals surface area contributed by atoms with Crippen molar-refractivity contribution in [2.45, 2.75) is 6.54 Å². The zero-order chi connectivity index (χ0) is 21.2. The maximum atomic E-state index is 13.2. The third-order valence-electron chi connectivity index (χ3n) is 5.72. The van der Waals surface area contributed by atoms with Crippen molar-refractivity contribution in [3.63, 3.8) is 0 Å². The molecule has 2 aromatic carbocycles. The standard InChI is InChI=1S/C24H24N4O2S/c1-30-20-9-7-19(8-10-20)21-16-28-22(17-31-24(28)25-21)23(29)27-13-11-26(12-14-27)15-18-5-3-2-4-6-18/h2-10,16-17H,11-15H2,1H3. The number of thiazole rings is 1. The van der Waals surface area contributed by atoms with Crippen LogP contribution in [-0.4, -0.2) is 58.4 Å². The number of hydrogen-bond acceptors (Lipinski definition) is 5. The van der Waals surface area contributed by atoms with Gasteiger partial charge in [0.05, 0.1) is 12.8 Å². The first kappa shape index (κ1) is 19.8. The summed E-state index contributed by atoms with van der Waals surface area (Å²) in [6.45, 7) is 4.17. The number of hydrogen-bond donors (Lipinski definition) is 0. The highest BCUT2D eigenvalue weighted by atomic mass is 32.1. The molecule has 0 bridgehead atoms. The fourth-order valence-electron chi connectivity index (χ4n) is 3.95. The summed E-state index contributed by atoms with van der Waals surface area (Å²) < 4.78 is 7.15. The van der Waals surface area contributed by atoms with Gasteiger partial charge < -0.3 is 9.64 Å². The number of imidazole rings is 1. The predicted molar refractivity (Wildman–Crippen MR) is 123 cm³/mol. The average Bonchev–Trinajstić information content (AvgIpc) is 3.41. The first-order valence-corrected chi connectivity index (χ1v) is 11.3. The molecule has 4 aromatic rings. The van der Waals surface area contributed by atoms with Gasteiger partial charge in [0.25, 0.3) is 5.91 Å². The highest BCUT2D eigenvalue weighted by molar-refractivity contribution is 7.15. The number of aromatic nitrogens is 2. The van der Waals surface area contributed by atoms with E-state index in [1.54, 1.807) is 7.11 Å². The molecular weight excluding hydrogens is 408 g/mol. The van der Waals surface area contributed by atoms with Crippen molar-refractivity contribution in [1.82, 2.24) is 19.2 Å². The molecule has 1 aliphatic heterocycles. The summed E-state index contributed by atoms with van der Waals surface area (Å²) in [5.41, 5.74) is 3.86. The fraction of sp³-hybridized carbons (Fsp3) is 0.250. The molecule has 0 saturated carbocycles. The van der Waals surface area contributed by atoms with E-state index in [2.05, 4.69) is 29.2 Å². The zero-order valence-corrected chi connectivity index (χ0v) is 18.2. The molecule has 6 nitrogen and oxygen atoms in total. The second-order valence-corrected chi connectivity index (χ2v) is 8.52. The second kappa shape index (κ2) is 8.53. The molecule has 0 aliphatic carbocycles. The summed E-state index contributed by atoms with van der Waals surface area (Å²) in [5.74, 6) is 0.885. The van der Waals surface area contributed by atoms with Crippen LogP contribution in [0.5, 0.6) is 5.75 Å². The maximum absolute atomic E-state index is 13.2. The van der Waals surface area contributed by atoms with Crippen molar-refractivity contribution in [2.75, 3.05) is 33.3 Å². The molecule has 0 radical (unpaired) electrons. The number of nitrogens with zero attached hydrogens (tertiary/aromatic N) is 4. The van der Waals surface area contributed by atoms with Crippen LogP contribution in [0.25, 0.3) is 16.2 Å². The van der Waals surface area contributed by atoms with Gasteiger partial charge in [-0.3, -0.25) is 14.1 Å².